The van der Waals surface area contributed by atoms with Crippen LogP contribution >= 0.6 is 0 Å². The predicted octanol–water partition coefficient (Wildman–Crippen LogP) is 0.357. The van der Waals surface area contributed by atoms with Gasteiger partial charge in [0.05, 0.1) is 18.9 Å². The molecule has 2 aliphatic rings. The van der Waals surface area contributed by atoms with Crippen molar-refractivity contribution >= 4 is 24.7 Å². The average Bonchev–Trinajstić information content (AvgIpc) is 2.99. The summed E-state index contributed by atoms with van der Waals surface area (Å²) in [6.45, 7) is 4.31. The quantitative estimate of drug-likeness (QED) is 0.625. The Bertz CT molecular complexity index is 601. The van der Waals surface area contributed by atoms with Crippen molar-refractivity contribution in [3.63, 3.8) is 0 Å². The van der Waals surface area contributed by atoms with Crippen LogP contribution in [0.4, 0.5) is 16.2 Å². The molecule has 2 saturated heterocycles. The molecular weight excluding hydrogens is 361 g/mol. The van der Waals surface area contributed by atoms with Crippen LogP contribution in [0.2, 0.25) is 0 Å². The minimum absolute atomic E-state index is 0.250. The molecule has 3 N–H and O–H groups in total. The lowest BCUT2D eigenvalue weighted by molar-refractivity contribution is -0.123. The topological polar surface area (TPSA) is 128 Å². The summed E-state index contributed by atoms with van der Waals surface area (Å²) in [5.74, 6) is 0.385. The van der Waals surface area contributed by atoms with Gasteiger partial charge in [0.15, 0.2) is 11.6 Å². The van der Waals surface area contributed by atoms with Crippen LogP contribution in [0.3, 0.4) is 0 Å². The van der Waals surface area contributed by atoms with E-state index in [1.807, 2.05) is 0 Å². The van der Waals surface area contributed by atoms with Gasteiger partial charge in [-0.1, -0.05) is 0 Å². The second kappa shape index (κ2) is 11.2. The van der Waals surface area contributed by atoms with Crippen molar-refractivity contribution in [1.29, 1.82) is 0 Å². The molecule has 0 amide bonds. The number of aromatic nitrogens is 2. The number of carbonyl (C=O) groups is 2. The Labute approximate surface area is 157 Å². The van der Waals surface area contributed by atoms with E-state index in [1.54, 1.807) is 19.0 Å². The van der Waals surface area contributed by atoms with Gasteiger partial charge in [0, 0.05) is 39.3 Å². The summed E-state index contributed by atoms with van der Waals surface area (Å²) in [7, 11) is 3.54. The molecule has 3 heterocycles. The zero-order valence-electron chi connectivity index (χ0n) is 15.6. The molecule has 1 aromatic rings. The molecular formula is C16H26FN5O5. The lowest BCUT2D eigenvalue weighted by Crippen LogP contribution is -2.45. The van der Waals surface area contributed by atoms with E-state index in [0.29, 0.717) is 23.9 Å². The third-order valence-corrected chi connectivity index (χ3v) is 4.08. The van der Waals surface area contributed by atoms with Crippen LogP contribution in [-0.2, 0) is 14.3 Å². The smallest absolute Gasteiger partial charge is 0.290 e. The number of halogens is 1. The van der Waals surface area contributed by atoms with Gasteiger partial charge in [-0.3, -0.25) is 14.5 Å². The Balaban J connectivity index is 0.000000540. The standard InChI is InChI=1S/C14H22FN5O.2CH2O2/c1-9-6-20-7-10(4-11(20)8-21-9)17-14-16-5-12(15)13(18-14)19(2)3;2*2-1-3/h5,9-11H,4,6-8H2,1-3H3,(H,16,17,18);2*1H,(H,2,3)/t9-,10-,11-;;/m0../s1. The van der Waals surface area contributed by atoms with Crippen molar-refractivity contribution in [2.75, 3.05) is 44.0 Å². The maximum Gasteiger partial charge on any atom is 0.290 e. The van der Waals surface area contributed by atoms with Gasteiger partial charge < -0.3 is 25.2 Å². The number of nitrogens with zero attached hydrogens (tertiary/aromatic N) is 4. The van der Waals surface area contributed by atoms with E-state index in [0.717, 1.165) is 26.1 Å². The number of ether oxygens (including phenoxy) is 1. The fourth-order valence-electron chi connectivity index (χ4n) is 3.07. The third kappa shape index (κ3) is 6.94. The molecule has 3 rings (SSSR count). The van der Waals surface area contributed by atoms with Crippen molar-refractivity contribution in [1.82, 2.24) is 14.9 Å². The van der Waals surface area contributed by atoms with Gasteiger partial charge in [-0.15, -0.1) is 0 Å². The first-order valence-corrected chi connectivity index (χ1v) is 8.33. The van der Waals surface area contributed by atoms with E-state index < -0.39 is 5.82 Å². The number of hydrogen-bond donors (Lipinski definition) is 3. The Hall–Kier alpha value is -2.53. The largest absolute Gasteiger partial charge is 0.483 e. The molecule has 11 heteroatoms. The summed E-state index contributed by atoms with van der Waals surface area (Å²) in [4.78, 5) is 29.1. The van der Waals surface area contributed by atoms with Crippen molar-refractivity contribution in [2.45, 2.75) is 31.5 Å². The van der Waals surface area contributed by atoms with Gasteiger partial charge >= 0.3 is 0 Å². The minimum atomic E-state index is -0.406. The molecule has 0 unspecified atom stereocenters. The maximum atomic E-state index is 13.6. The van der Waals surface area contributed by atoms with Crippen LogP contribution in [-0.4, -0.2) is 90.0 Å². The highest BCUT2D eigenvalue weighted by atomic mass is 19.1. The molecule has 1 aromatic heterocycles. The van der Waals surface area contributed by atoms with Crippen LogP contribution in [0.15, 0.2) is 6.20 Å². The van der Waals surface area contributed by atoms with Crippen molar-refractivity contribution < 1.29 is 28.9 Å². The lowest BCUT2D eigenvalue weighted by Gasteiger charge is -2.33. The first kappa shape index (κ1) is 22.5. The third-order valence-electron chi connectivity index (χ3n) is 4.08. The Morgan fingerprint density at radius 1 is 1.33 bits per heavy atom. The SMILES string of the molecule is C[C@H]1CN2C[C@@H](Nc3ncc(F)c(N(C)C)n3)C[C@H]2CO1.O=CO.O=CO. The van der Waals surface area contributed by atoms with Crippen LogP contribution in [0, 0.1) is 5.82 Å². The molecule has 0 saturated carbocycles. The summed E-state index contributed by atoms with van der Waals surface area (Å²) in [6, 6.07) is 0.747. The van der Waals surface area contributed by atoms with Gasteiger partial charge in [0.2, 0.25) is 5.95 Å². The molecule has 10 nitrogen and oxygen atoms in total. The van der Waals surface area contributed by atoms with Crippen molar-refractivity contribution in [2.24, 2.45) is 0 Å². The number of anilines is 2. The minimum Gasteiger partial charge on any atom is -0.483 e. The number of hydrogen-bond acceptors (Lipinski definition) is 8. The van der Waals surface area contributed by atoms with Crippen LogP contribution in [0.5, 0.6) is 0 Å². The number of carboxylic acid groups (broad SMARTS) is 2. The second-order valence-corrected chi connectivity index (χ2v) is 6.30. The summed E-state index contributed by atoms with van der Waals surface area (Å²) in [6.07, 6.45) is 2.52. The van der Waals surface area contributed by atoms with E-state index in [4.69, 9.17) is 24.5 Å². The number of nitrogens with one attached hydrogen (secondary N) is 1. The van der Waals surface area contributed by atoms with Crippen molar-refractivity contribution in [3.05, 3.63) is 12.0 Å². The monoisotopic (exact) mass is 387 g/mol. The van der Waals surface area contributed by atoms with Crippen molar-refractivity contribution in [3.8, 4) is 0 Å². The molecule has 27 heavy (non-hydrogen) atoms. The van der Waals surface area contributed by atoms with Gasteiger partial charge in [0.25, 0.3) is 12.9 Å². The van der Waals surface area contributed by atoms with E-state index >= 15 is 0 Å². The second-order valence-electron chi connectivity index (χ2n) is 6.30. The summed E-state index contributed by atoms with van der Waals surface area (Å²) < 4.78 is 19.3. The molecule has 0 spiro atoms. The van der Waals surface area contributed by atoms with E-state index in [9.17, 15) is 4.39 Å². The molecule has 152 valence electrons. The van der Waals surface area contributed by atoms with Crippen LogP contribution in [0.25, 0.3) is 0 Å². The normalized spacial score (nSPS) is 23.6. The van der Waals surface area contributed by atoms with Gasteiger partial charge in [-0.25, -0.2) is 9.37 Å². The fourth-order valence-corrected chi connectivity index (χ4v) is 3.07. The molecule has 0 bridgehead atoms. The van der Waals surface area contributed by atoms with E-state index in [2.05, 4.69) is 27.1 Å². The molecule has 0 radical (unpaired) electrons. The lowest BCUT2D eigenvalue weighted by atomic mass is 10.1. The van der Waals surface area contributed by atoms with E-state index in [1.165, 1.54) is 6.20 Å². The van der Waals surface area contributed by atoms with Gasteiger partial charge in [-0.2, -0.15) is 4.98 Å². The first-order chi connectivity index (χ1) is 12.9. The predicted molar refractivity (Wildman–Crippen MR) is 96.5 cm³/mol. The number of rotatable bonds is 3. The highest BCUT2D eigenvalue weighted by molar-refractivity contribution is 5.42. The highest BCUT2D eigenvalue weighted by Gasteiger charge is 2.36. The van der Waals surface area contributed by atoms with Crippen LogP contribution < -0.4 is 10.2 Å². The Morgan fingerprint density at radius 3 is 2.56 bits per heavy atom. The Kier molecular flexibility index (Phi) is 9.37. The summed E-state index contributed by atoms with van der Waals surface area (Å²) in [5, 5.41) is 17.1. The highest BCUT2D eigenvalue weighted by Crippen LogP contribution is 2.25. The fraction of sp³-hybridized carbons (Fsp3) is 0.625. The molecule has 3 atom stereocenters. The number of fused-ring (bicyclic) bond motifs is 1. The Morgan fingerprint density at radius 2 is 1.96 bits per heavy atom. The average molecular weight is 387 g/mol. The molecule has 2 fully saturated rings. The first-order valence-electron chi connectivity index (χ1n) is 8.33. The molecule has 2 aliphatic heterocycles. The number of morpholine rings is 1. The molecule has 0 aromatic carbocycles. The van der Waals surface area contributed by atoms with Gasteiger partial charge in [-0.05, 0) is 13.3 Å². The summed E-state index contributed by atoms with van der Waals surface area (Å²) in [5.41, 5.74) is 0. The van der Waals surface area contributed by atoms with Gasteiger partial charge in [0.1, 0.15) is 0 Å². The zero-order chi connectivity index (χ0) is 20.4. The maximum absolute atomic E-state index is 13.6. The zero-order valence-corrected chi connectivity index (χ0v) is 15.6. The summed E-state index contributed by atoms with van der Waals surface area (Å²) >= 11 is 0. The molecule has 0 aliphatic carbocycles. The van der Waals surface area contributed by atoms with E-state index in [-0.39, 0.29) is 19.0 Å². The van der Waals surface area contributed by atoms with Crippen LogP contribution in [0.1, 0.15) is 13.3 Å².